The fraction of sp³-hybridized carbons (Fsp3) is 0.378. The number of carbonyl (C=O) groups is 1. The molecule has 2 saturated heterocycles. The Hall–Kier alpha value is -4.87. The number of hydrogen-bond acceptors (Lipinski definition) is 7. The highest BCUT2D eigenvalue weighted by Crippen LogP contribution is 2.39. The molecule has 250 valence electrons. The number of carbonyl (C=O) groups excluding carboxylic acids is 1. The third kappa shape index (κ3) is 6.61. The molecule has 1 amide bonds. The number of fused-ring (bicyclic) bond motifs is 1. The lowest BCUT2D eigenvalue weighted by Crippen LogP contribution is -2.39. The van der Waals surface area contributed by atoms with Crippen molar-refractivity contribution in [3.8, 4) is 5.69 Å². The largest absolute Gasteiger partial charge is 0.412 e. The Kier molecular flexibility index (Phi) is 9.98. The number of rotatable bonds is 9. The zero-order chi connectivity index (χ0) is 32.2. The van der Waals surface area contributed by atoms with Gasteiger partial charge >= 0.3 is 0 Å². The molecule has 0 spiro atoms. The molecule has 11 heteroatoms. The summed E-state index contributed by atoms with van der Waals surface area (Å²) in [6.45, 7) is 11.3. The number of likely N-dealkylation sites (tertiary alicyclic amines) is 1. The van der Waals surface area contributed by atoms with Crippen molar-refractivity contribution in [1.29, 1.82) is 0 Å². The van der Waals surface area contributed by atoms with Crippen LogP contribution in [0.1, 0.15) is 47.7 Å². The van der Waals surface area contributed by atoms with E-state index in [9.17, 15) is 4.79 Å². The molecule has 4 heterocycles. The number of aromatic nitrogens is 6. The lowest BCUT2D eigenvalue weighted by Gasteiger charge is -2.33. The summed E-state index contributed by atoms with van der Waals surface area (Å²) in [5.74, 6) is 1.14. The van der Waals surface area contributed by atoms with E-state index in [0.717, 1.165) is 87.8 Å². The zero-order valence-electron chi connectivity index (χ0n) is 27.9. The molecule has 0 radical (unpaired) electrons. The van der Waals surface area contributed by atoms with Crippen LogP contribution in [0.3, 0.4) is 0 Å². The Bertz CT molecular complexity index is 1850. The minimum absolute atomic E-state index is 0. The maximum absolute atomic E-state index is 14.0. The van der Waals surface area contributed by atoms with Gasteiger partial charge in [0.25, 0.3) is 5.91 Å². The van der Waals surface area contributed by atoms with E-state index in [1.807, 2.05) is 25.1 Å². The van der Waals surface area contributed by atoms with Gasteiger partial charge in [-0.3, -0.25) is 4.79 Å². The van der Waals surface area contributed by atoms with Crippen LogP contribution < -0.4 is 4.90 Å². The maximum Gasteiger partial charge on any atom is 0.254 e. The first-order valence-corrected chi connectivity index (χ1v) is 16.8. The number of aryl methyl sites for hydroxylation is 1. The molecule has 2 N–H and O–H groups in total. The number of imidazole rings is 1. The Morgan fingerprint density at radius 2 is 1.79 bits per heavy atom. The monoisotopic (exact) mass is 647 g/mol. The van der Waals surface area contributed by atoms with Crippen molar-refractivity contribution in [3.63, 3.8) is 0 Å². The van der Waals surface area contributed by atoms with E-state index in [1.165, 1.54) is 11.1 Å². The van der Waals surface area contributed by atoms with Gasteiger partial charge < -0.3 is 24.7 Å². The fourth-order valence-electron chi connectivity index (χ4n) is 7.32. The van der Waals surface area contributed by atoms with Gasteiger partial charge in [-0.2, -0.15) is 0 Å². The summed E-state index contributed by atoms with van der Waals surface area (Å²) in [5, 5.41) is 11.5. The van der Waals surface area contributed by atoms with Crippen LogP contribution in [0.4, 0.5) is 5.95 Å². The average Bonchev–Trinajstić information content (AvgIpc) is 3.84. The van der Waals surface area contributed by atoms with Gasteiger partial charge in [0.15, 0.2) is 0 Å². The smallest absolute Gasteiger partial charge is 0.254 e. The van der Waals surface area contributed by atoms with Crippen LogP contribution >= 0.6 is 0 Å². The van der Waals surface area contributed by atoms with Crippen molar-refractivity contribution in [2.24, 2.45) is 0 Å². The summed E-state index contributed by atoms with van der Waals surface area (Å²) >= 11 is 0. The van der Waals surface area contributed by atoms with E-state index < -0.39 is 0 Å². The molecule has 48 heavy (non-hydrogen) atoms. The molecule has 11 nitrogen and oxygen atoms in total. The molecule has 2 aromatic heterocycles. The molecule has 0 aliphatic carbocycles. The number of allylic oxidation sites excluding steroid dienone is 2. The summed E-state index contributed by atoms with van der Waals surface area (Å²) in [6.07, 6.45) is 8.91. The summed E-state index contributed by atoms with van der Waals surface area (Å²) < 4.78 is 3.94. The number of nitrogens with zero attached hydrogens (tertiary/aromatic N) is 9. The molecule has 2 fully saturated rings. The second-order valence-corrected chi connectivity index (χ2v) is 12.9. The average molecular weight is 648 g/mol. The van der Waals surface area contributed by atoms with E-state index in [0.29, 0.717) is 12.1 Å². The van der Waals surface area contributed by atoms with Crippen LogP contribution in [-0.2, 0) is 12.0 Å². The quantitative estimate of drug-likeness (QED) is 0.217. The Labute approximate surface area is 281 Å². The van der Waals surface area contributed by atoms with E-state index in [-0.39, 0.29) is 16.8 Å². The highest BCUT2D eigenvalue weighted by atomic mass is 16.2. The summed E-state index contributed by atoms with van der Waals surface area (Å²) in [7, 11) is 0. The minimum atomic E-state index is -0.0925. The zero-order valence-corrected chi connectivity index (χ0v) is 27.9. The summed E-state index contributed by atoms with van der Waals surface area (Å²) in [6, 6.07) is 25.1. The van der Waals surface area contributed by atoms with E-state index in [4.69, 9.17) is 4.98 Å². The van der Waals surface area contributed by atoms with Crippen molar-refractivity contribution in [2.75, 3.05) is 50.7 Å². The topological polar surface area (TPSA) is 120 Å². The molecular weight excluding hydrogens is 602 g/mol. The second kappa shape index (κ2) is 14.5. The van der Waals surface area contributed by atoms with Crippen LogP contribution in [0.15, 0.2) is 91.3 Å². The molecule has 1 atom stereocenters. The number of hydrogen-bond donors (Lipinski definition) is 0. The highest BCUT2D eigenvalue weighted by Gasteiger charge is 2.42. The first-order valence-electron chi connectivity index (χ1n) is 16.8. The van der Waals surface area contributed by atoms with E-state index >= 15 is 0 Å². The van der Waals surface area contributed by atoms with Gasteiger partial charge in [-0.05, 0) is 92.0 Å². The van der Waals surface area contributed by atoms with Crippen molar-refractivity contribution in [3.05, 3.63) is 108 Å². The first kappa shape index (κ1) is 33.0. The number of benzene rings is 3. The third-order valence-electron chi connectivity index (χ3n) is 10.0. The van der Waals surface area contributed by atoms with Gasteiger partial charge in [0.05, 0.1) is 16.7 Å². The fourth-order valence-corrected chi connectivity index (χ4v) is 7.32. The molecule has 0 bridgehead atoms. The van der Waals surface area contributed by atoms with Crippen LogP contribution in [0.25, 0.3) is 16.7 Å². The van der Waals surface area contributed by atoms with Gasteiger partial charge in [-0.25, -0.2) is 9.67 Å². The first-order chi connectivity index (χ1) is 23.0. The number of tetrazole rings is 1. The van der Waals surface area contributed by atoms with Gasteiger partial charge in [0.2, 0.25) is 5.95 Å². The maximum atomic E-state index is 14.0. The highest BCUT2D eigenvalue weighted by molar-refractivity contribution is 5.96. The molecule has 2 aliphatic heterocycles. The van der Waals surface area contributed by atoms with Gasteiger partial charge in [-0.15, -0.1) is 5.10 Å². The second-order valence-electron chi connectivity index (χ2n) is 12.9. The lowest BCUT2D eigenvalue weighted by atomic mass is 9.76. The van der Waals surface area contributed by atoms with Gasteiger partial charge in [0.1, 0.15) is 6.33 Å². The molecule has 1 unspecified atom stereocenters. The Balaban J connectivity index is 0.00000401. The van der Waals surface area contributed by atoms with E-state index in [1.54, 1.807) is 11.0 Å². The lowest BCUT2D eigenvalue weighted by molar-refractivity contribution is 0.0780. The SMILES string of the molecule is CC=CCn1c(N2CCCN(CCC3(c4ccccc4)CCN(C(=O)c4cc(-n5cnnn5)ccc4C)C3)CC2)nc2ccccc21.O. The Morgan fingerprint density at radius 3 is 2.60 bits per heavy atom. The van der Waals surface area contributed by atoms with E-state index in [2.05, 4.69) is 108 Å². The van der Waals surface area contributed by atoms with Crippen LogP contribution in [0.2, 0.25) is 0 Å². The van der Waals surface area contributed by atoms with Gasteiger partial charge in [0, 0.05) is 50.2 Å². The molecule has 7 rings (SSSR count). The van der Waals surface area contributed by atoms with Crippen molar-refractivity contribution < 1.29 is 10.3 Å². The van der Waals surface area contributed by atoms with Crippen molar-refractivity contribution in [2.45, 2.75) is 45.1 Å². The molecule has 5 aromatic rings. The minimum Gasteiger partial charge on any atom is -0.412 e. The summed E-state index contributed by atoms with van der Waals surface area (Å²) in [5.41, 5.74) is 5.91. The number of para-hydroxylation sites is 2. The standard InChI is InChI=1S/C37H43N9O.H2O/c1-3-4-21-45-34-14-9-8-13-33(34)39-36(45)43-20-10-19-42(24-25-43)22-17-37(30-11-6-5-7-12-30)18-23-44(27-37)35(47)32-26-31(16-15-29(32)2)46-28-38-40-41-46;/h3-9,11-16,26,28H,10,17-25,27H2,1-2H3;1H2. The molecule has 3 aromatic carbocycles. The number of amides is 1. The van der Waals surface area contributed by atoms with Gasteiger partial charge in [-0.1, -0.05) is 60.7 Å². The van der Waals surface area contributed by atoms with Crippen molar-refractivity contribution >= 4 is 22.9 Å². The Morgan fingerprint density at radius 1 is 0.958 bits per heavy atom. The third-order valence-corrected chi connectivity index (χ3v) is 10.0. The number of anilines is 1. The van der Waals surface area contributed by atoms with Crippen LogP contribution in [0, 0.1) is 6.92 Å². The predicted molar refractivity (Wildman–Crippen MR) is 189 cm³/mol. The molecule has 2 aliphatic rings. The van der Waals surface area contributed by atoms with Crippen molar-refractivity contribution in [1.82, 2.24) is 39.6 Å². The van der Waals surface area contributed by atoms with Crippen LogP contribution in [0.5, 0.6) is 0 Å². The summed E-state index contributed by atoms with van der Waals surface area (Å²) in [4.78, 5) is 26.2. The predicted octanol–water partition coefficient (Wildman–Crippen LogP) is 4.46. The van der Waals surface area contributed by atoms with Crippen LogP contribution in [-0.4, -0.2) is 96.8 Å². The normalized spacial score (nSPS) is 18.8. The molecular formula is C37H45N9O2. The molecule has 0 saturated carbocycles.